The summed E-state index contributed by atoms with van der Waals surface area (Å²) in [6.07, 6.45) is 4.77. The highest BCUT2D eigenvalue weighted by atomic mass is 32.2. The SMILES string of the molecule is COc1ccc(-n2c(CCN(CCCN3CCCCC3C)C(=O)Cc3ccc(C(F)(F)F)c(F)c3)nc3ccccc3c2=O)cc1.COc1ccc(-n2c(CCN(CCCN3CCCCC3C)S(=O)(=O)c3ccc(OC)cc3)nc3ccccc3c2=O)cc1.COc1ccc(-n2c(CCN(CCCN3CCN(C)CC3)S(=O)(=O)c3ccc(OC)cc3)nc3ccccc3c2=O)cc1. The van der Waals surface area contributed by atoms with E-state index in [4.69, 9.17) is 38.6 Å². The molecule has 3 aromatic heterocycles. The van der Waals surface area contributed by atoms with Gasteiger partial charge in [0.05, 0.1) is 107 Å². The average molecular weight is 1850 g/mol. The molecule has 0 saturated carbocycles. The van der Waals surface area contributed by atoms with Crippen molar-refractivity contribution in [3.05, 3.63) is 278 Å². The molecule has 3 aliphatic heterocycles. The molecular weight excluding hydrogens is 1730 g/mol. The lowest BCUT2D eigenvalue weighted by Crippen LogP contribution is -2.45. The molecule has 2 unspecified atom stereocenters. The fraction of sp³-hybridized carbons (Fsp3) is 0.390. The minimum Gasteiger partial charge on any atom is -0.497 e. The standard InChI is InChI=1S/C35H38F4N4O3.C33H40N4O5S.C32H39N5O5S/c1-24-8-5-6-18-41(24)19-7-20-42(33(44)23-25-11-16-29(30(36)22-25)35(37,38)39)21-17-32-40-31-10-4-3-9-28(31)34(45)43(32)26-12-14-27(46-2)15-13-26;1-25-9-6-7-21-35(25)22-8-23-36(43(39,40)29-18-16-28(42-3)17-19-29)24-20-32-34-31-11-5-4-10-30(31)33(38)37(32)26-12-14-27(41-2)15-13-26;1-34-21-23-35(24-22-34)18-6-19-36(43(39,40)28-15-13-27(42-3)14-16-28)20-17-31-33-30-8-5-4-7-29(30)32(38)37(31)25-9-11-26(41-2)12-10-25/h3-4,9-16,22,24H,5-8,17-21,23H2,1-2H3;4-5,10-19,25H,6-9,20-24H2,1-3H3;4-5,7-16H,6,17-24H2,1-3H3. The van der Waals surface area contributed by atoms with Gasteiger partial charge in [-0.2, -0.15) is 21.8 Å². The maximum absolute atomic E-state index is 14.3. The van der Waals surface area contributed by atoms with Crippen molar-refractivity contribution >= 4 is 58.7 Å². The molecule has 32 heteroatoms. The van der Waals surface area contributed by atoms with Crippen LogP contribution in [0.1, 0.15) is 100 Å². The van der Waals surface area contributed by atoms with Crippen molar-refractivity contribution in [2.24, 2.45) is 0 Å². The second-order valence-corrected chi connectivity index (χ2v) is 37.3. The van der Waals surface area contributed by atoms with E-state index >= 15 is 0 Å². The fourth-order valence-electron chi connectivity index (χ4n) is 17.2. The summed E-state index contributed by atoms with van der Waals surface area (Å²) in [6, 6.07) is 59.4. The van der Waals surface area contributed by atoms with Gasteiger partial charge in [-0.1, -0.05) is 55.3 Å². The molecular formula is C100H117F4N13O13S2. The van der Waals surface area contributed by atoms with Crippen molar-refractivity contribution in [1.29, 1.82) is 0 Å². The Morgan fingerprint density at radius 2 is 0.773 bits per heavy atom. The van der Waals surface area contributed by atoms with Crippen LogP contribution in [0.3, 0.4) is 0 Å². The minimum atomic E-state index is -4.82. The Hall–Kier alpha value is -11.8. The van der Waals surface area contributed by atoms with Crippen molar-refractivity contribution in [2.75, 3.05) is 141 Å². The molecule has 9 aromatic carbocycles. The Labute approximate surface area is 768 Å². The van der Waals surface area contributed by atoms with Crippen molar-refractivity contribution < 1.29 is 62.9 Å². The Balaban J connectivity index is 0.000000168. The van der Waals surface area contributed by atoms with E-state index in [0.717, 1.165) is 83.9 Å². The number of amides is 1. The molecule has 6 heterocycles. The van der Waals surface area contributed by atoms with Crippen LogP contribution in [0.15, 0.2) is 236 Å². The van der Waals surface area contributed by atoms with Crippen molar-refractivity contribution in [3.8, 4) is 45.8 Å². The fourth-order valence-corrected chi connectivity index (χ4v) is 20.2. The van der Waals surface area contributed by atoms with E-state index in [2.05, 4.69) is 40.5 Å². The number of halogens is 4. The predicted octanol–water partition coefficient (Wildman–Crippen LogP) is 14.6. The maximum atomic E-state index is 14.3. The number of ether oxygens (including phenoxy) is 5. The summed E-state index contributed by atoms with van der Waals surface area (Å²) in [5, 5.41) is 1.45. The highest BCUT2D eigenvalue weighted by molar-refractivity contribution is 7.89. The molecule has 0 bridgehead atoms. The van der Waals surface area contributed by atoms with E-state index in [1.807, 2.05) is 54.6 Å². The molecule has 12 aromatic rings. The number of benzene rings is 9. The molecule has 0 radical (unpaired) electrons. The summed E-state index contributed by atoms with van der Waals surface area (Å²) in [7, 11) is 2.30. The zero-order valence-electron chi connectivity index (χ0n) is 76.1. The second kappa shape index (κ2) is 45.6. The van der Waals surface area contributed by atoms with E-state index in [-0.39, 0.29) is 83.3 Å². The third-order valence-corrected chi connectivity index (χ3v) is 28.7. The monoisotopic (exact) mass is 1850 g/mol. The normalized spacial score (nSPS) is 15.5. The molecule has 2 atom stereocenters. The summed E-state index contributed by atoms with van der Waals surface area (Å²) < 4.78 is 144. The lowest BCUT2D eigenvalue weighted by Gasteiger charge is -2.34. The molecule has 3 aliphatic rings. The first kappa shape index (κ1) is 97.8. The lowest BCUT2D eigenvalue weighted by molar-refractivity contribution is -0.140. The summed E-state index contributed by atoms with van der Waals surface area (Å²) in [4.78, 5) is 80.9. The number of methoxy groups -OCH3 is 5. The number of rotatable bonds is 35. The topological polar surface area (TPSA) is 259 Å². The number of nitrogens with zero attached hydrogens (tertiary/aromatic N) is 13. The summed E-state index contributed by atoms with van der Waals surface area (Å²) in [5.74, 6) is 2.84. The van der Waals surface area contributed by atoms with E-state index in [0.29, 0.717) is 153 Å². The van der Waals surface area contributed by atoms with Gasteiger partial charge in [-0.3, -0.25) is 32.9 Å². The van der Waals surface area contributed by atoms with Crippen molar-refractivity contribution in [3.63, 3.8) is 0 Å². The van der Waals surface area contributed by atoms with E-state index in [1.165, 1.54) is 38.9 Å². The molecule has 3 fully saturated rings. The minimum absolute atomic E-state index is 0.157. The van der Waals surface area contributed by atoms with Crippen LogP contribution in [0.5, 0.6) is 28.7 Å². The number of hydrogen-bond donors (Lipinski definition) is 0. The Morgan fingerprint density at radius 1 is 0.424 bits per heavy atom. The number of carbonyl (C=O) groups excluding carboxylic acids is 1. The second-order valence-electron chi connectivity index (χ2n) is 33.4. The van der Waals surface area contributed by atoms with Gasteiger partial charge in [-0.25, -0.2) is 36.2 Å². The van der Waals surface area contributed by atoms with E-state index in [1.54, 1.807) is 189 Å². The van der Waals surface area contributed by atoms with Crippen LogP contribution in [0.25, 0.3) is 49.8 Å². The first-order chi connectivity index (χ1) is 63.7. The van der Waals surface area contributed by atoms with Crippen LogP contribution in [0.2, 0.25) is 0 Å². The van der Waals surface area contributed by atoms with Crippen LogP contribution < -0.4 is 40.4 Å². The smallest absolute Gasteiger partial charge is 0.419 e. The molecule has 132 heavy (non-hydrogen) atoms. The number of fused-ring (bicyclic) bond motifs is 3. The maximum Gasteiger partial charge on any atom is 0.419 e. The van der Waals surface area contributed by atoms with Gasteiger partial charge < -0.3 is 48.2 Å². The van der Waals surface area contributed by atoms with Gasteiger partial charge in [-0.05, 0) is 267 Å². The lowest BCUT2D eigenvalue weighted by atomic mass is 10.0. The van der Waals surface area contributed by atoms with E-state index < -0.39 is 37.6 Å². The summed E-state index contributed by atoms with van der Waals surface area (Å²) >= 11 is 0. The quantitative estimate of drug-likeness (QED) is 0.0334. The number of carbonyl (C=O) groups is 1. The molecule has 15 rings (SSSR count). The molecule has 1 amide bonds. The summed E-state index contributed by atoms with van der Waals surface area (Å²) in [5.41, 5.74) is 1.70. The van der Waals surface area contributed by atoms with Gasteiger partial charge in [0.25, 0.3) is 16.7 Å². The van der Waals surface area contributed by atoms with Gasteiger partial charge in [0.2, 0.25) is 26.0 Å². The number of para-hydroxylation sites is 3. The number of piperazine rings is 1. The van der Waals surface area contributed by atoms with Gasteiger partial charge in [0.1, 0.15) is 52.0 Å². The molecule has 0 spiro atoms. The average Bonchev–Trinajstić information content (AvgIpc) is 0.776. The van der Waals surface area contributed by atoms with Crippen LogP contribution in [0.4, 0.5) is 17.6 Å². The third-order valence-electron chi connectivity index (χ3n) is 24.8. The van der Waals surface area contributed by atoms with E-state index in [9.17, 15) is 53.6 Å². The number of aromatic nitrogens is 6. The van der Waals surface area contributed by atoms with Gasteiger partial charge >= 0.3 is 6.18 Å². The molecule has 26 nitrogen and oxygen atoms in total. The molecule has 3 saturated heterocycles. The van der Waals surface area contributed by atoms with Gasteiger partial charge in [0.15, 0.2) is 0 Å². The third kappa shape index (κ3) is 24.6. The number of sulfonamides is 2. The molecule has 0 aliphatic carbocycles. The molecule has 0 N–H and O–H groups in total. The number of alkyl halides is 3. The van der Waals surface area contributed by atoms with Gasteiger partial charge in [-0.15, -0.1) is 0 Å². The zero-order valence-corrected chi connectivity index (χ0v) is 77.7. The number of likely N-dealkylation sites (N-methyl/N-ethyl adjacent to an activating group) is 1. The zero-order chi connectivity index (χ0) is 93.6. The van der Waals surface area contributed by atoms with Gasteiger partial charge in [0, 0.05) is 103 Å². The Morgan fingerprint density at radius 3 is 1.13 bits per heavy atom. The first-order valence-electron chi connectivity index (χ1n) is 44.9. The largest absolute Gasteiger partial charge is 0.497 e. The Kier molecular flexibility index (Phi) is 33.8. The number of piperidine rings is 2. The van der Waals surface area contributed by atoms with Crippen LogP contribution >= 0.6 is 0 Å². The molecule has 700 valence electrons. The van der Waals surface area contributed by atoms with Crippen LogP contribution in [-0.2, 0) is 56.7 Å². The number of likely N-dealkylation sites (tertiary alicyclic amines) is 2. The number of hydrogen-bond acceptors (Lipinski definition) is 20. The van der Waals surface area contributed by atoms with Crippen LogP contribution in [-0.4, -0.2) is 237 Å². The Bertz CT molecular complexity index is 6310. The van der Waals surface area contributed by atoms with Crippen molar-refractivity contribution in [2.45, 2.75) is 125 Å². The predicted molar refractivity (Wildman–Crippen MR) is 506 cm³/mol. The summed E-state index contributed by atoms with van der Waals surface area (Å²) in [6.45, 7) is 14.5. The highest BCUT2D eigenvalue weighted by Crippen LogP contribution is 2.33. The van der Waals surface area contributed by atoms with Crippen molar-refractivity contribution in [1.82, 2.24) is 61.8 Å². The highest BCUT2D eigenvalue weighted by Gasteiger charge is 2.35. The van der Waals surface area contributed by atoms with Crippen LogP contribution in [0, 0.1) is 5.82 Å². The first-order valence-corrected chi connectivity index (χ1v) is 47.8.